The van der Waals surface area contributed by atoms with Gasteiger partial charge in [-0.1, -0.05) is 18.2 Å². The molecule has 0 saturated carbocycles. The van der Waals surface area contributed by atoms with Crippen LogP contribution in [0.4, 0.5) is 11.4 Å². The number of carboxylic acid groups (broad SMARTS) is 2. The van der Waals surface area contributed by atoms with Gasteiger partial charge in [0, 0.05) is 77.3 Å². The van der Waals surface area contributed by atoms with Crippen molar-refractivity contribution in [3.8, 4) is 5.75 Å². The van der Waals surface area contributed by atoms with Gasteiger partial charge in [-0.3, -0.25) is 19.2 Å². The Morgan fingerprint density at radius 2 is 1.22 bits per heavy atom. The summed E-state index contributed by atoms with van der Waals surface area (Å²) < 4.78 is 19.1. The molecule has 0 atom stereocenters. The van der Waals surface area contributed by atoms with Crippen molar-refractivity contribution in [3.63, 3.8) is 0 Å². The zero-order valence-electron chi connectivity index (χ0n) is 32.6. The van der Waals surface area contributed by atoms with Crippen molar-refractivity contribution in [1.29, 1.82) is 0 Å². The molecule has 0 heterocycles. The molecule has 288 valence electrons. The van der Waals surface area contributed by atoms with Crippen molar-refractivity contribution in [2.75, 3.05) is 51.2 Å². The first-order valence-corrected chi connectivity index (χ1v) is 16.1. The van der Waals surface area contributed by atoms with Gasteiger partial charge in [0.25, 0.3) is 0 Å². The van der Waals surface area contributed by atoms with Crippen LogP contribution in [0.25, 0.3) is 16.8 Å². The van der Waals surface area contributed by atoms with Crippen LogP contribution in [0, 0.1) is 0 Å². The van der Waals surface area contributed by atoms with Crippen LogP contribution in [0.3, 0.4) is 0 Å². The number of carbonyl (C=O) groups is 7. The van der Waals surface area contributed by atoms with E-state index in [1.807, 2.05) is 80.5 Å². The molecule has 0 unspecified atom stereocenters. The average Bonchev–Trinajstić information content (AvgIpc) is 3.04. The number of rotatable bonds is 10. The molecule has 0 saturated heterocycles. The first kappa shape index (κ1) is 50.9. The third-order valence-corrected chi connectivity index (χ3v) is 6.10. The Bertz CT molecular complexity index is 1750. The predicted molar refractivity (Wildman–Crippen MR) is 196 cm³/mol. The van der Waals surface area contributed by atoms with Crippen molar-refractivity contribution in [3.05, 3.63) is 71.3 Å². The van der Waals surface area contributed by atoms with E-state index >= 15 is 0 Å². The smallest absolute Gasteiger partial charge is 0.550 e. The van der Waals surface area contributed by atoms with Gasteiger partial charge in [0.2, 0.25) is 0 Å². The van der Waals surface area contributed by atoms with E-state index in [9.17, 15) is 28.8 Å². The van der Waals surface area contributed by atoms with Gasteiger partial charge in [0.1, 0.15) is 5.75 Å². The Kier molecular flexibility index (Phi) is 25.0. The summed E-state index contributed by atoms with van der Waals surface area (Å²) in [5, 5.41) is 19.3. The van der Waals surface area contributed by atoms with Crippen LogP contribution >= 0.6 is 0 Å². The standard InChI is InChI=1S/C17H19NO4.C15H19NO4.C4H6O3.C2H4O2.Na/c1-5-21-17(20)13-8-12-6-7-14(18(3)4)10-15(12)16(9-13)22-11(2)19;1-4-20-15(19)12(10-14(17)18)9-11-5-7-13(8-6-11)16(2)3;1-3(5)7-4(2)6;1-2(3)4;/h6-10H,5H2,1-4H3;5-9H,4,10H2,1-3H3,(H,17,18);1-2H3;1H3,(H,3,4);/q;;;;+1/p-1/b;12-9+;;;. The molecular weight excluding hydrogens is 715 g/mol. The maximum Gasteiger partial charge on any atom is 1.00 e. The second-order valence-corrected chi connectivity index (χ2v) is 11.1. The number of esters is 5. The van der Waals surface area contributed by atoms with Gasteiger partial charge in [-0.15, -0.1) is 0 Å². The molecule has 15 nitrogen and oxygen atoms in total. The molecule has 3 aromatic carbocycles. The van der Waals surface area contributed by atoms with Crippen molar-refractivity contribution in [1.82, 2.24) is 0 Å². The molecular formula is C38H47N2NaO13. The number of nitrogens with zero attached hydrogens (tertiary/aromatic N) is 2. The van der Waals surface area contributed by atoms with E-state index in [4.69, 9.17) is 29.2 Å². The van der Waals surface area contributed by atoms with Gasteiger partial charge >= 0.3 is 65.4 Å². The Morgan fingerprint density at radius 3 is 1.63 bits per heavy atom. The van der Waals surface area contributed by atoms with Crippen LogP contribution in [0.2, 0.25) is 0 Å². The molecule has 1 N–H and O–H groups in total. The predicted octanol–water partition coefficient (Wildman–Crippen LogP) is 1.04. The molecule has 0 radical (unpaired) electrons. The number of fused-ring (bicyclic) bond motifs is 1. The van der Waals surface area contributed by atoms with Gasteiger partial charge in [-0.25, -0.2) is 9.59 Å². The minimum absolute atomic E-state index is 0. The molecule has 0 aliphatic heterocycles. The third kappa shape index (κ3) is 21.3. The maximum absolute atomic E-state index is 11.9. The Morgan fingerprint density at radius 1 is 0.722 bits per heavy atom. The molecule has 0 aliphatic carbocycles. The SMILES string of the molecule is CC(=O)OC(C)=O.CC(=O)[O-].CCOC(=O)/C(=C/c1ccc(N(C)C)cc1)CC(=O)O.CCOC(=O)c1cc(OC(C)=O)c2cc(N(C)C)ccc2c1.[Na+]. The van der Waals surface area contributed by atoms with Crippen LogP contribution < -0.4 is 49.2 Å². The fraction of sp³-hybridized carbons (Fsp3) is 0.342. The van der Waals surface area contributed by atoms with Crippen LogP contribution in [0.1, 0.15) is 63.9 Å². The number of aliphatic carboxylic acids is 2. The summed E-state index contributed by atoms with van der Waals surface area (Å²) in [7, 11) is 7.72. The van der Waals surface area contributed by atoms with Crippen molar-refractivity contribution in [2.24, 2.45) is 0 Å². The zero-order valence-corrected chi connectivity index (χ0v) is 34.6. The maximum atomic E-state index is 11.9. The quantitative estimate of drug-likeness (QED) is 0.0765. The molecule has 0 bridgehead atoms. The summed E-state index contributed by atoms with van der Waals surface area (Å²) in [6, 6.07) is 16.5. The number of benzene rings is 3. The Labute approximate surface area is 337 Å². The minimum Gasteiger partial charge on any atom is -0.550 e. The summed E-state index contributed by atoms with van der Waals surface area (Å²) in [5.41, 5.74) is 3.27. The molecule has 3 aromatic rings. The second-order valence-electron chi connectivity index (χ2n) is 11.1. The van der Waals surface area contributed by atoms with Crippen LogP contribution in [0.15, 0.2) is 60.2 Å². The first-order valence-electron chi connectivity index (χ1n) is 16.1. The summed E-state index contributed by atoms with van der Waals surface area (Å²) in [4.78, 5) is 78.2. The second kappa shape index (κ2) is 26.5. The van der Waals surface area contributed by atoms with Crippen LogP contribution in [-0.2, 0) is 43.0 Å². The number of ether oxygens (including phenoxy) is 4. The topological polar surface area (TPSA) is 206 Å². The van der Waals surface area contributed by atoms with Gasteiger partial charge in [-0.2, -0.15) is 0 Å². The average molecular weight is 763 g/mol. The van der Waals surface area contributed by atoms with E-state index in [0.717, 1.165) is 34.6 Å². The molecule has 54 heavy (non-hydrogen) atoms. The third-order valence-electron chi connectivity index (χ3n) is 6.10. The molecule has 16 heteroatoms. The van der Waals surface area contributed by atoms with Crippen LogP contribution in [0.5, 0.6) is 5.75 Å². The number of carbonyl (C=O) groups excluding carboxylic acids is 6. The molecule has 0 spiro atoms. The molecule has 0 aliphatic rings. The molecule has 3 rings (SSSR count). The van der Waals surface area contributed by atoms with E-state index in [1.54, 1.807) is 32.1 Å². The van der Waals surface area contributed by atoms with E-state index in [2.05, 4.69) is 4.74 Å². The normalized spacial score (nSPS) is 9.78. The van der Waals surface area contributed by atoms with Crippen LogP contribution in [-0.4, -0.2) is 88.3 Å². The summed E-state index contributed by atoms with van der Waals surface area (Å²) in [6.07, 6.45) is 1.19. The van der Waals surface area contributed by atoms with Gasteiger partial charge in [-0.05, 0) is 74.2 Å². The Balaban J connectivity index is 0. The molecule has 0 fully saturated rings. The van der Waals surface area contributed by atoms with Gasteiger partial charge in [0.05, 0.1) is 25.2 Å². The fourth-order valence-corrected chi connectivity index (χ4v) is 4.00. The summed E-state index contributed by atoms with van der Waals surface area (Å²) >= 11 is 0. The van der Waals surface area contributed by atoms with E-state index in [-0.39, 0.29) is 48.2 Å². The summed E-state index contributed by atoms with van der Waals surface area (Å²) in [5.74, 6) is -4.37. The van der Waals surface area contributed by atoms with Crippen molar-refractivity contribution < 1.29 is 92.3 Å². The number of anilines is 2. The number of carboxylic acids is 2. The fourth-order valence-electron chi connectivity index (χ4n) is 4.00. The Hall–Kier alpha value is -5.25. The molecule has 0 aromatic heterocycles. The number of hydrogen-bond donors (Lipinski definition) is 1. The largest absolute Gasteiger partial charge is 1.00 e. The van der Waals surface area contributed by atoms with Gasteiger partial charge < -0.3 is 43.8 Å². The monoisotopic (exact) mass is 762 g/mol. The van der Waals surface area contributed by atoms with Crippen molar-refractivity contribution in [2.45, 2.75) is 48.0 Å². The summed E-state index contributed by atoms with van der Waals surface area (Å²) in [6.45, 7) is 8.60. The minimum atomic E-state index is -1.08. The molecule has 0 amide bonds. The van der Waals surface area contributed by atoms with E-state index < -0.39 is 41.8 Å². The zero-order chi connectivity index (χ0) is 40.8. The number of hydrogen-bond acceptors (Lipinski definition) is 14. The van der Waals surface area contributed by atoms with Crippen molar-refractivity contribution >= 4 is 70.0 Å². The van der Waals surface area contributed by atoms with E-state index in [0.29, 0.717) is 17.9 Å². The van der Waals surface area contributed by atoms with Gasteiger partial charge in [0.15, 0.2) is 0 Å². The first-order chi connectivity index (χ1) is 24.7. The van der Waals surface area contributed by atoms with E-state index in [1.165, 1.54) is 20.8 Å².